The molecule has 1 atom stereocenters. The molecule has 0 spiro atoms. The van der Waals surface area contributed by atoms with Crippen LogP contribution in [0.5, 0.6) is 0 Å². The summed E-state index contributed by atoms with van der Waals surface area (Å²) >= 11 is 3.47. The van der Waals surface area contributed by atoms with Crippen molar-refractivity contribution in [3.05, 3.63) is 70.8 Å². The summed E-state index contributed by atoms with van der Waals surface area (Å²) in [5, 5.41) is 0.715. The van der Waals surface area contributed by atoms with Crippen molar-refractivity contribution < 1.29 is 13.2 Å². The molecule has 0 aromatic heterocycles. The average molecular weight is 357 g/mol. The zero-order valence-corrected chi connectivity index (χ0v) is 13.2. The molecular weight excluding hydrogens is 341 g/mol. The quantitative estimate of drug-likeness (QED) is 0.613. The molecule has 0 nitrogen and oxygen atoms in total. The van der Waals surface area contributed by atoms with Crippen LogP contribution in [-0.2, 0) is 12.6 Å². The molecule has 0 radical (unpaired) electrons. The Labute approximate surface area is 131 Å². The number of benzene rings is 2. The summed E-state index contributed by atoms with van der Waals surface area (Å²) < 4.78 is 38.3. The third kappa shape index (κ3) is 4.34. The number of alkyl halides is 4. The second-order valence-corrected chi connectivity index (χ2v) is 5.82. The first-order valence-electron chi connectivity index (χ1n) is 6.69. The molecule has 0 bridgehead atoms. The van der Waals surface area contributed by atoms with Crippen LogP contribution in [0.3, 0.4) is 0 Å². The van der Waals surface area contributed by atoms with Crippen molar-refractivity contribution in [2.45, 2.75) is 25.4 Å². The van der Waals surface area contributed by atoms with E-state index in [1.807, 2.05) is 25.1 Å². The lowest BCUT2D eigenvalue weighted by Crippen LogP contribution is -2.08. The molecule has 0 saturated heterocycles. The number of aryl methyl sites for hydroxylation is 1. The van der Waals surface area contributed by atoms with Crippen LogP contribution >= 0.6 is 15.9 Å². The molecular formula is C17H16BrF3. The van der Waals surface area contributed by atoms with E-state index >= 15 is 0 Å². The summed E-state index contributed by atoms with van der Waals surface area (Å²) in [5.74, 6) is 0.161. The zero-order valence-electron chi connectivity index (χ0n) is 11.6. The van der Waals surface area contributed by atoms with Crippen molar-refractivity contribution in [2.75, 3.05) is 5.33 Å². The Kier molecular flexibility index (Phi) is 5.09. The highest BCUT2D eigenvalue weighted by Gasteiger charge is 2.30. The van der Waals surface area contributed by atoms with Gasteiger partial charge in [-0.15, -0.1) is 0 Å². The summed E-state index contributed by atoms with van der Waals surface area (Å²) in [6.45, 7) is 2.01. The van der Waals surface area contributed by atoms with E-state index in [2.05, 4.69) is 22.0 Å². The van der Waals surface area contributed by atoms with Gasteiger partial charge in [0.2, 0.25) is 0 Å². The van der Waals surface area contributed by atoms with Gasteiger partial charge in [0.05, 0.1) is 5.56 Å². The molecule has 0 N–H and O–H groups in total. The summed E-state index contributed by atoms with van der Waals surface area (Å²) in [4.78, 5) is 0. The van der Waals surface area contributed by atoms with Crippen LogP contribution in [-0.4, -0.2) is 5.33 Å². The molecule has 0 aliphatic heterocycles. The Bertz CT molecular complexity index is 605. The number of rotatable bonds is 4. The normalized spacial score (nSPS) is 13.2. The highest BCUT2D eigenvalue weighted by atomic mass is 79.9. The van der Waals surface area contributed by atoms with Gasteiger partial charge >= 0.3 is 6.18 Å². The fourth-order valence-electron chi connectivity index (χ4n) is 2.34. The lowest BCUT2D eigenvalue weighted by atomic mass is 9.92. The van der Waals surface area contributed by atoms with Gasteiger partial charge in [-0.25, -0.2) is 0 Å². The third-order valence-electron chi connectivity index (χ3n) is 3.44. The Balaban J connectivity index is 2.23. The van der Waals surface area contributed by atoms with E-state index < -0.39 is 11.7 Å². The number of hydrogen-bond acceptors (Lipinski definition) is 0. The second-order valence-electron chi connectivity index (χ2n) is 5.17. The van der Waals surface area contributed by atoms with E-state index in [9.17, 15) is 13.2 Å². The summed E-state index contributed by atoms with van der Waals surface area (Å²) in [6.07, 6.45) is -3.71. The Morgan fingerprint density at radius 2 is 1.76 bits per heavy atom. The molecule has 0 heterocycles. The van der Waals surface area contributed by atoms with Crippen LogP contribution in [0.1, 0.15) is 28.2 Å². The van der Waals surface area contributed by atoms with Crippen molar-refractivity contribution in [3.8, 4) is 0 Å². The predicted molar refractivity (Wildman–Crippen MR) is 82.9 cm³/mol. The topological polar surface area (TPSA) is 0 Å². The van der Waals surface area contributed by atoms with Crippen molar-refractivity contribution in [2.24, 2.45) is 0 Å². The molecule has 1 unspecified atom stereocenters. The highest BCUT2D eigenvalue weighted by Crippen LogP contribution is 2.31. The van der Waals surface area contributed by atoms with Crippen LogP contribution in [0.15, 0.2) is 48.5 Å². The molecule has 4 heteroatoms. The van der Waals surface area contributed by atoms with Crippen LogP contribution in [0.25, 0.3) is 0 Å². The molecule has 112 valence electrons. The van der Waals surface area contributed by atoms with Gasteiger partial charge in [0, 0.05) is 5.33 Å². The fourth-order valence-corrected chi connectivity index (χ4v) is 2.95. The van der Waals surface area contributed by atoms with E-state index in [0.717, 1.165) is 17.2 Å². The predicted octanol–water partition coefficient (Wildman–Crippen LogP) is 5.74. The van der Waals surface area contributed by atoms with Crippen LogP contribution in [0.4, 0.5) is 13.2 Å². The lowest BCUT2D eigenvalue weighted by molar-refractivity contribution is -0.137. The minimum atomic E-state index is -4.29. The monoisotopic (exact) mass is 356 g/mol. The largest absolute Gasteiger partial charge is 0.416 e. The first-order valence-corrected chi connectivity index (χ1v) is 7.81. The van der Waals surface area contributed by atoms with E-state index in [1.54, 1.807) is 6.07 Å². The minimum absolute atomic E-state index is 0.161. The van der Waals surface area contributed by atoms with Crippen LogP contribution in [0.2, 0.25) is 0 Å². The fraction of sp³-hybridized carbons (Fsp3) is 0.294. The number of halogens is 4. The number of hydrogen-bond donors (Lipinski definition) is 0. The molecule has 0 aliphatic carbocycles. The molecule has 0 saturated carbocycles. The average Bonchev–Trinajstić information content (AvgIpc) is 2.44. The minimum Gasteiger partial charge on any atom is -0.166 e. The smallest absolute Gasteiger partial charge is 0.166 e. The van der Waals surface area contributed by atoms with Crippen molar-refractivity contribution in [3.63, 3.8) is 0 Å². The van der Waals surface area contributed by atoms with Gasteiger partial charge in [-0.05, 0) is 36.5 Å². The van der Waals surface area contributed by atoms with Gasteiger partial charge in [0.1, 0.15) is 0 Å². The van der Waals surface area contributed by atoms with E-state index in [-0.39, 0.29) is 5.92 Å². The summed E-state index contributed by atoms with van der Waals surface area (Å²) in [7, 11) is 0. The zero-order chi connectivity index (χ0) is 15.5. The van der Waals surface area contributed by atoms with E-state index in [0.29, 0.717) is 17.3 Å². The molecule has 2 rings (SSSR count). The van der Waals surface area contributed by atoms with E-state index in [1.165, 1.54) is 12.1 Å². The molecule has 0 aliphatic rings. The van der Waals surface area contributed by atoms with Gasteiger partial charge in [0.15, 0.2) is 0 Å². The molecule has 0 amide bonds. The first-order chi connectivity index (χ1) is 9.90. The van der Waals surface area contributed by atoms with Crippen molar-refractivity contribution >= 4 is 15.9 Å². The molecule has 21 heavy (non-hydrogen) atoms. The molecule has 2 aromatic rings. The molecule has 2 aromatic carbocycles. The first kappa shape index (κ1) is 16.1. The Morgan fingerprint density at radius 1 is 1.05 bits per heavy atom. The maximum absolute atomic E-state index is 12.8. The van der Waals surface area contributed by atoms with Gasteiger partial charge in [-0.2, -0.15) is 13.2 Å². The van der Waals surface area contributed by atoms with Crippen LogP contribution in [0, 0.1) is 6.92 Å². The maximum Gasteiger partial charge on any atom is 0.416 e. The van der Waals surface area contributed by atoms with Crippen LogP contribution < -0.4 is 0 Å². The highest BCUT2D eigenvalue weighted by molar-refractivity contribution is 9.09. The maximum atomic E-state index is 12.8. The van der Waals surface area contributed by atoms with Gasteiger partial charge in [-0.1, -0.05) is 64.0 Å². The van der Waals surface area contributed by atoms with Gasteiger partial charge in [-0.3, -0.25) is 0 Å². The van der Waals surface area contributed by atoms with E-state index in [4.69, 9.17) is 0 Å². The van der Waals surface area contributed by atoms with Crippen molar-refractivity contribution in [1.82, 2.24) is 0 Å². The Morgan fingerprint density at radius 3 is 2.38 bits per heavy atom. The molecule has 0 fully saturated rings. The standard InChI is InChI=1S/C17H16BrF3/c1-12-4-2-6-14(8-12)15(11-18)9-13-5-3-7-16(10-13)17(19,20)21/h2-8,10,15H,9,11H2,1H3. The van der Waals surface area contributed by atoms with Gasteiger partial charge in [0.25, 0.3) is 0 Å². The third-order valence-corrected chi connectivity index (χ3v) is 4.22. The summed E-state index contributed by atoms with van der Waals surface area (Å²) in [6, 6.07) is 13.7. The lowest BCUT2D eigenvalue weighted by Gasteiger charge is -2.16. The second kappa shape index (κ2) is 6.65. The van der Waals surface area contributed by atoms with Crippen molar-refractivity contribution in [1.29, 1.82) is 0 Å². The summed E-state index contributed by atoms with van der Waals surface area (Å²) in [5.41, 5.74) is 2.42. The van der Waals surface area contributed by atoms with Gasteiger partial charge < -0.3 is 0 Å². The Hall–Kier alpha value is -1.29. The SMILES string of the molecule is Cc1cccc(C(CBr)Cc2cccc(C(F)(F)F)c2)c1.